The fourth-order valence-corrected chi connectivity index (χ4v) is 3.57. The topological polar surface area (TPSA) is 38.5 Å². The quantitative estimate of drug-likeness (QED) is 0.907. The molecular formula is C16H24N2O. The van der Waals surface area contributed by atoms with Gasteiger partial charge in [0.15, 0.2) is 0 Å². The normalized spacial score (nSPS) is 28.1. The molecule has 3 rings (SSSR count). The Morgan fingerprint density at radius 2 is 2.16 bits per heavy atom. The first-order valence-electron chi connectivity index (χ1n) is 7.51. The maximum atomic E-state index is 5.82. The molecule has 104 valence electrons. The van der Waals surface area contributed by atoms with Crippen molar-refractivity contribution in [2.24, 2.45) is 5.73 Å². The summed E-state index contributed by atoms with van der Waals surface area (Å²) in [7, 11) is 0. The molecular weight excluding hydrogens is 236 g/mol. The highest BCUT2D eigenvalue weighted by molar-refractivity contribution is 5.31. The summed E-state index contributed by atoms with van der Waals surface area (Å²) in [5, 5.41) is 0. The molecule has 2 N–H and O–H groups in total. The van der Waals surface area contributed by atoms with E-state index in [1.165, 1.54) is 36.9 Å². The van der Waals surface area contributed by atoms with Crippen molar-refractivity contribution >= 4 is 0 Å². The van der Waals surface area contributed by atoms with Crippen molar-refractivity contribution in [3.63, 3.8) is 0 Å². The number of hydrogen-bond acceptors (Lipinski definition) is 3. The van der Waals surface area contributed by atoms with Gasteiger partial charge in [0.25, 0.3) is 0 Å². The van der Waals surface area contributed by atoms with Crippen LogP contribution in [0.5, 0.6) is 0 Å². The van der Waals surface area contributed by atoms with Gasteiger partial charge in [-0.15, -0.1) is 0 Å². The van der Waals surface area contributed by atoms with Crippen LogP contribution in [0.3, 0.4) is 0 Å². The first-order valence-corrected chi connectivity index (χ1v) is 7.51. The highest BCUT2D eigenvalue weighted by Crippen LogP contribution is 2.34. The summed E-state index contributed by atoms with van der Waals surface area (Å²) in [5.41, 5.74) is 8.62. The van der Waals surface area contributed by atoms with Crippen LogP contribution in [0, 0.1) is 0 Å². The van der Waals surface area contributed by atoms with Crippen molar-refractivity contribution in [2.75, 3.05) is 19.7 Å². The first kappa shape index (κ1) is 13.1. The highest BCUT2D eigenvalue weighted by Gasteiger charge is 2.32. The van der Waals surface area contributed by atoms with Crippen LogP contribution >= 0.6 is 0 Å². The third-order valence-electron chi connectivity index (χ3n) is 4.52. The Labute approximate surface area is 115 Å². The lowest BCUT2D eigenvalue weighted by atomic mass is 9.92. The van der Waals surface area contributed by atoms with Crippen molar-refractivity contribution in [1.82, 2.24) is 4.90 Å². The third kappa shape index (κ3) is 2.69. The number of benzene rings is 1. The molecule has 0 aliphatic carbocycles. The average molecular weight is 260 g/mol. The average Bonchev–Trinajstić information content (AvgIpc) is 2.48. The summed E-state index contributed by atoms with van der Waals surface area (Å²) in [6.45, 7) is 3.57. The van der Waals surface area contributed by atoms with E-state index in [0.717, 1.165) is 26.2 Å². The molecule has 0 spiro atoms. The maximum absolute atomic E-state index is 5.82. The van der Waals surface area contributed by atoms with Crippen LogP contribution in [0.25, 0.3) is 0 Å². The standard InChI is InChI=1S/C16H24N2O/c17-9-8-14-6-3-4-10-18(14)16-12-19-11-13-5-1-2-7-15(13)16/h1-2,5,7,14,16H,3-4,6,8-12,17H2. The molecule has 2 atom stereocenters. The smallest absolute Gasteiger partial charge is 0.0721 e. The molecule has 0 aromatic heterocycles. The molecule has 0 bridgehead atoms. The van der Waals surface area contributed by atoms with Gasteiger partial charge in [-0.3, -0.25) is 4.90 Å². The van der Waals surface area contributed by atoms with Crippen molar-refractivity contribution in [2.45, 2.75) is 44.4 Å². The van der Waals surface area contributed by atoms with Crippen LogP contribution < -0.4 is 5.73 Å². The summed E-state index contributed by atoms with van der Waals surface area (Å²) in [4.78, 5) is 2.65. The Bertz CT molecular complexity index is 419. The van der Waals surface area contributed by atoms with Crippen molar-refractivity contribution < 1.29 is 4.74 Å². The van der Waals surface area contributed by atoms with E-state index >= 15 is 0 Å². The van der Waals surface area contributed by atoms with E-state index in [1.807, 2.05) is 0 Å². The second kappa shape index (κ2) is 6.04. The van der Waals surface area contributed by atoms with Crippen LogP contribution in [0.2, 0.25) is 0 Å². The lowest BCUT2D eigenvalue weighted by molar-refractivity contribution is -0.000350. The zero-order chi connectivity index (χ0) is 13.1. The van der Waals surface area contributed by atoms with Crippen LogP contribution in [-0.4, -0.2) is 30.6 Å². The van der Waals surface area contributed by atoms with Gasteiger partial charge in [0, 0.05) is 6.04 Å². The Hall–Kier alpha value is -0.900. The summed E-state index contributed by atoms with van der Waals surface area (Å²) in [6, 6.07) is 9.80. The van der Waals surface area contributed by atoms with E-state index < -0.39 is 0 Å². The zero-order valence-electron chi connectivity index (χ0n) is 11.6. The van der Waals surface area contributed by atoms with Crippen LogP contribution in [0.1, 0.15) is 42.9 Å². The number of likely N-dealkylation sites (tertiary alicyclic amines) is 1. The minimum atomic E-state index is 0.432. The predicted molar refractivity (Wildman–Crippen MR) is 76.9 cm³/mol. The molecule has 0 radical (unpaired) electrons. The number of ether oxygens (including phenoxy) is 1. The molecule has 0 saturated carbocycles. The number of piperidine rings is 1. The van der Waals surface area contributed by atoms with Crippen LogP contribution in [-0.2, 0) is 11.3 Å². The molecule has 1 saturated heterocycles. The lowest BCUT2D eigenvalue weighted by Crippen LogP contribution is -2.45. The van der Waals surface area contributed by atoms with Gasteiger partial charge < -0.3 is 10.5 Å². The lowest BCUT2D eigenvalue weighted by Gasteiger charge is -2.43. The Kier molecular flexibility index (Phi) is 4.16. The second-order valence-electron chi connectivity index (χ2n) is 5.69. The number of rotatable bonds is 3. The van der Waals surface area contributed by atoms with Gasteiger partial charge in [-0.2, -0.15) is 0 Å². The molecule has 1 aromatic rings. The summed E-state index contributed by atoms with van der Waals surface area (Å²) < 4.78 is 5.82. The second-order valence-corrected chi connectivity index (χ2v) is 5.69. The van der Waals surface area contributed by atoms with Crippen molar-refractivity contribution in [3.05, 3.63) is 35.4 Å². The molecule has 0 amide bonds. The summed E-state index contributed by atoms with van der Waals surface area (Å²) in [6.07, 6.45) is 5.05. The van der Waals surface area contributed by atoms with E-state index in [4.69, 9.17) is 10.5 Å². The minimum Gasteiger partial charge on any atom is -0.375 e. The Morgan fingerprint density at radius 3 is 3.05 bits per heavy atom. The first-order chi connectivity index (χ1) is 9.40. The number of nitrogens with zero attached hydrogens (tertiary/aromatic N) is 1. The Morgan fingerprint density at radius 1 is 1.26 bits per heavy atom. The number of nitrogens with two attached hydrogens (primary N) is 1. The molecule has 3 heteroatoms. The van der Waals surface area contributed by atoms with Crippen molar-refractivity contribution in [1.29, 1.82) is 0 Å². The molecule has 2 aliphatic rings. The van der Waals surface area contributed by atoms with E-state index in [9.17, 15) is 0 Å². The Balaban J connectivity index is 1.84. The van der Waals surface area contributed by atoms with Crippen LogP contribution in [0.15, 0.2) is 24.3 Å². The van der Waals surface area contributed by atoms with Gasteiger partial charge in [-0.25, -0.2) is 0 Å². The molecule has 2 heterocycles. The zero-order valence-corrected chi connectivity index (χ0v) is 11.6. The van der Waals surface area contributed by atoms with E-state index in [1.54, 1.807) is 0 Å². The van der Waals surface area contributed by atoms with Gasteiger partial charge in [-0.05, 0) is 43.5 Å². The van der Waals surface area contributed by atoms with Gasteiger partial charge in [-0.1, -0.05) is 30.7 Å². The predicted octanol–water partition coefficient (Wildman–Crippen LogP) is 2.46. The number of hydrogen-bond donors (Lipinski definition) is 1. The fourth-order valence-electron chi connectivity index (χ4n) is 3.57. The summed E-state index contributed by atoms with van der Waals surface area (Å²) in [5.74, 6) is 0. The van der Waals surface area contributed by atoms with Gasteiger partial charge in [0.05, 0.1) is 19.3 Å². The fraction of sp³-hybridized carbons (Fsp3) is 0.625. The minimum absolute atomic E-state index is 0.432. The van der Waals surface area contributed by atoms with E-state index in [0.29, 0.717) is 12.1 Å². The highest BCUT2D eigenvalue weighted by atomic mass is 16.5. The molecule has 3 nitrogen and oxygen atoms in total. The molecule has 2 aliphatic heterocycles. The maximum Gasteiger partial charge on any atom is 0.0721 e. The van der Waals surface area contributed by atoms with E-state index in [-0.39, 0.29) is 0 Å². The monoisotopic (exact) mass is 260 g/mol. The summed E-state index contributed by atoms with van der Waals surface area (Å²) >= 11 is 0. The van der Waals surface area contributed by atoms with Gasteiger partial charge >= 0.3 is 0 Å². The SMILES string of the molecule is NCCC1CCCCN1C1COCc2ccccc21. The molecule has 19 heavy (non-hydrogen) atoms. The van der Waals surface area contributed by atoms with Gasteiger partial charge in [0.2, 0.25) is 0 Å². The molecule has 2 unspecified atom stereocenters. The molecule has 1 fully saturated rings. The van der Waals surface area contributed by atoms with Crippen LogP contribution in [0.4, 0.5) is 0 Å². The largest absolute Gasteiger partial charge is 0.375 e. The molecule has 1 aromatic carbocycles. The third-order valence-corrected chi connectivity index (χ3v) is 4.52. The number of fused-ring (bicyclic) bond motifs is 1. The van der Waals surface area contributed by atoms with E-state index in [2.05, 4.69) is 29.2 Å². The van der Waals surface area contributed by atoms with Gasteiger partial charge in [0.1, 0.15) is 0 Å². The van der Waals surface area contributed by atoms with Crippen molar-refractivity contribution in [3.8, 4) is 0 Å².